The average Bonchev–Trinajstić information content (AvgIpc) is 1.89. The minimum Gasteiger partial charge on any atom is -0.210 e. The highest BCUT2D eigenvalue weighted by Gasteiger charge is 1.92. The topological polar surface area (TPSA) is 0 Å². The SMILES string of the molecule is CC(F)=C(F)F.FC=C(F)F. The van der Waals surface area contributed by atoms with Gasteiger partial charge in [0, 0.05) is 0 Å². The number of allylic oxidation sites excluding steroid dienone is 1. The summed E-state index contributed by atoms with van der Waals surface area (Å²) in [4.78, 5) is 0. The Balaban J connectivity index is 0. The maximum Gasteiger partial charge on any atom is 0.301 e. The predicted octanol–water partition coefficient (Wildman–Crippen LogP) is 3.78. The average molecular weight is 178 g/mol. The van der Waals surface area contributed by atoms with E-state index in [0.717, 1.165) is 0 Å². The van der Waals surface area contributed by atoms with Crippen molar-refractivity contribution in [3.63, 3.8) is 0 Å². The third-order valence-corrected chi connectivity index (χ3v) is 0.343. The molecule has 0 heterocycles. The van der Waals surface area contributed by atoms with Crippen LogP contribution in [0.15, 0.2) is 24.3 Å². The van der Waals surface area contributed by atoms with Crippen LogP contribution >= 0.6 is 0 Å². The quantitative estimate of drug-likeness (QED) is 0.495. The molecule has 0 aromatic carbocycles. The maximum absolute atomic E-state index is 11.0. The molecule has 0 radical (unpaired) electrons. The van der Waals surface area contributed by atoms with Gasteiger partial charge in [-0.05, 0) is 6.92 Å². The summed E-state index contributed by atoms with van der Waals surface area (Å²) in [5, 5.41) is 0. The summed E-state index contributed by atoms with van der Waals surface area (Å²) in [6.45, 7) is 0.704. The number of rotatable bonds is 0. The van der Waals surface area contributed by atoms with E-state index in [1.807, 2.05) is 0 Å². The van der Waals surface area contributed by atoms with Gasteiger partial charge in [-0.25, -0.2) is 8.78 Å². The molecule has 0 saturated heterocycles. The fourth-order valence-electron chi connectivity index (χ4n) is 0. The minimum atomic E-state index is -2.29. The highest BCUT2D eigenvalue weighted by molar-refractivity contribution is 4.84. The third kappa shape index (κ3) is 17.6. The molecule has 0 aromatic rings. The van der Waals surface area contributed by atoms with Crippen molar-refractivity contribution in [2.45, 2.75) is 6.92 Å². The van der Waals surface area contributed by atoms with Crippen molar-refractivity contribution in [2.24, 2.45) is 0 Å². The molecule has 0 spiro atoms. The Labute approximate surface area is 58.8 Å². The van der Waals surface area contributed by atoms with Gasteiger partial charge in [0.1, 0.15) is 0 Å². The second kappa shape index (κ2) is 7.17. The van der Waals surface area contributed by atoms with Crippen LogP contribution < -0.4 is 0 Å². The monoisotopic (exact) mass is 178 g/mol. The largest absolute Gasteiger partial charge is 0.301 e. The van der Waals surface area contributed by atoms with Crippen LogP contribution in [0.3, 0.4) is 0 Å². The molecule has 0 N–H and O–H groups in total. The molecule has 66 valence electrons. The first kappa shape index (κ1) is 12.7. The molecule has 0 fully saturated rings. The molecule has 0 saturated carbocycles. The van der Waals surface area contributed by atoms with E-state index in [9.17, 15) is 26.3 Å². The molecule has 11 heavy (non-hydrogen) atoms. The molecule has 0 unspecified atom stereocenters. The molecule has 0 nitrogen and oxygen atoms in total. The first-order valence-corrected chi connectivity index (χ1v) is 2.20. The van der Waals surface area contributed by atoms with E-state index < -0.39 is 24.3 Å². The van der Waals surface area contributed by atoms with Crippen LogP contribution in [0.1, 0.15) is 6.92 Å². The van der Waals surface area contributed by atoms with Crippen molar-refractivity contribution in [3.8, 4) is 0 Å². The molecule has 0 rings (SSSR count). The van der Waals surface area contributed by atoms with Gasteiger partial charge in [0.05, 0.1) is 0 Å². The Hall–Kier alpha value is -0.940. The lowest BCUT2D eigenvalue weighted by Crippen LogP contribution is -1.59. The molecule has 0 aliphatic heterocycles. The number of hydrogen-bond donors (Lipinski definition) is 0. The molecular formula is C5H4F6. The summed E-state index contributed by atoms with van der Waals surface area (Å²) in [5.74, 6) is -1.41. The fraction of sp³-hybridized carbons (Fsp3) is 0.200. The van der Waals surface area contributed by atoms with E-state index >= 15 is 0 Å². The molecule has 0 atom stereocenters. The van der Waals surface area contributed by atoms with Gasteiger partial charge in [-0.2, -0.15) is 17.6 Å². The standard InChI is InChI=1S/C3H3F3.C2HF3/c1-2(4)3(5)6;3-1-2(4)5/h1H3;1H. The van der Waals surface area contributed by atoms with E-state index in [-0.39, 0.29) is 0 Å². The first-order chi connectivity index (χ1) is 4.91. The molecular weight excluding hydrogens is 174 g/mol. The van der Waals surface area contributed by atoms with Gasteiger partial charge in [0.25, 0.3) is 6.08 Å². The van der Waals surface area contributed by atoms with Crippen LogP contribution in [-0.4, -0.2) is 0 Å². The highest BCUT2D eigenvalue weighted by atomic mass is 19.3. The lowest BCUT2D eigenvalue weighted by molar-refractivity contribution is 0.380. The van der Waals surface area contributed by atoms with Crippen molar-refractivity contribution >= 4 is 0 Å². The molecule has 0 aliphatic rings. The predicted molar refractivity (Wildman–Crippen MR) is 27.4 cm³/mol. The molecule has 6 heteroatoms. The Kier molecular flexibility index (Phi) is 8.29. The van der Waals surface area contributed by atoms with E-state index in [1.165, 1.54) is 0 Å². The Morgan fingerprint density at radius 2 is 1.18 bits per heavy atom. The normalized spacial score (nSPS) is 7.55. The van der Waals surface area contributed by atoms with E-state index in [0.29, 0.717) is 6.92 Å². The summed E-state index contributed by atoms with van der Waals surface area (Å²) >= 11 is 0. The van der Waals surface area contributed by atoms with Crippen molar-refractivity contribution < 1.29 is 26.3 Å². The van der Waals surface area contributed by atoms with E-state index in [2.05, 4.69) is 0 Å². The van der Waals surface area contributed by atoms with Gasteiger partial charge in [0.2, 0.25) is 0 Å². The van der Waals surface area contributed by atoms with Gasteiger partial charge >= 0.3 is 6.08 Å². The second-order valence-corrected chi connectivity index (χ2v) is 1.19. The number of halogens is 6. The van der Waals surface area contributed by atoms with Gasteiger partial charge in [-0.3, -0.25) is 0 Å². The highest BCUT2D eigenvalue weighted by Crippen LogP contribution is 2.05. The fourth-order valence-corrected chi connectivity index (χ4v) is 0. The smallest absolute Gasteiger partial charge is 0.210 e. The zero-order valence-electron chi connectivity index (χ0n) is 5.35. The number of hydrogen-bond acceptors (Lipinski definition) is 0. The lowest BCUT2D eigenvalue weighted by atomic mass is 10.7. The Bertz CT molecular complexity index is 136. The Morgan fingerprint density at radius 1 is 1.00 bits per heavy atom. The van der Waals surface area contributed by atoms with Crippen LogP contribution in [0.2, 0.25) is 0 Å². The van der Waals surface area contributed by atoms with Crippen molar-refractivity contribution in [2.75, 3.05) is 0 Å². The molecule has 0 amide bonds. The van der Waals surface area contributed by atoms with Crippen molar-refractivity contribution in [3.05, 3.63) is 24.3 Å². The summed E-state index contributed by atoms with van der Waals surface area (Å²) in [5.41, 5.74) is 0. The minimum absolute atomic E-state index is 0.704. The van der Waals surface area contributed by atoms with Crippen molar-refractivity contribution in [1.29, 1.82) is 0 Å². The van der Waals surface area contributed by atoms with Gasteiger partial charge in [-0.15, -0.1) is 0 Å². The molecule has 0 aromatic heterocycles. The van der Waals surface area contributed by atoms with Crippen molar-refractivity contribution in [1.82, 2.24) is 0 Å². The van der Waals surface area contributed by atoms with E-state index in [4.69, 9.17) is 0 Å². The van der Waals surface area contributed by atoms with Crippen LogP contribution in [0.5, 0.6) is 0 Å². The lowest BCUT2D eigenvalue weighted by Gasteiger charge is -1.73. The van der Waals surface area contributed by atoms with E-state index in [1.54, 1.807) is 0 Å². The van der Waals surface area contributed by atoms with Crippen LogP contribution in [0, 0.1) is 0 Å². The van der Waals surface area contributed by atoms with Crippen LogP contribution in [-0.2, 0) is 0 Å². The van der Waals surface area contributed by atoms with Crippen LogP contribution in [0.4, 0.5) is 26.3 Å². The Morgan fingerprint density at radius 3 is 1.18 bits per heavy atom. The first-order valence-electron chi connectivity index (χ1n) is 2.20. The third-order valence-electron chi connectivity index (χ3n) is 0.343. The zero-order valence-corrected chi connectivity index (χ0v) is 5.35. The van der Waals surface area contributed by atoms with Gasteiger partial charge in [0.15, 0.2) is 12.2 Å². The summed E-state index contributed by atoms with van der Waals surface area (Å²) in [7, 11) is 0. The van der Waals surface area contributed by atoms with Gasteiger partial charge < -0.3 is 0 Å². The maximum atomic E-state index is 11.0. The summed E-state index contributed by atoms with van der Waals surface area (Å²) in [6.07, 6.45) is -5.28. The van der Waals surface area contributed by atoms with Crippen LogP contribution in [0.25, 0.3) is 0 Å². The molecule has 0 bridgehead atoms. The summed E-state index contributed by atoms with van der Waals surface area (Å²) in [6, 6.07) is 0. The zero-order chi connectivity index (χ0) is 9.44. The van der Waals surface area contributed by atoms with Gasteiger partial charge in [-0.1, -0.05) is 0 Å². The summed E-state index contributed by atoms with van der Waals surface area (Å²) < 4.78 is 63.0. The molecule has 0 aliphatic carbocycles. The second-order valence-electron chi connectivity index (χ2n) is 1.19.